The molecule has 12 heavy (non-hydrogen) atoms. The molecule has 2 heterocycles. The summed E-state index contributed by atoms with van der Waals surface area (Å²) in [4.78, 5) is 0. The molecule has 3 atom stereocenters. The van der Waals surface area contributed by atoms with E-state index in [1.54, 1.807) is 0 Å². The van der Waals surface area contributed by atoms with Gasteiger partial charge in [-0.1, -0.05) is 20.8 Å². The highest BCUT2D eigenvalue weighted by atomic mass is 16.5. The molecule has 0 spiro atoms. The van der Waals surface area contributed by atoms with Crippen LogP contribution >= 0.6 is 0 Å². The van der Waals surface area contributed by atoms with Crippen molar-refractivity contribution in [3.8, 4) is 0 Å². The van der Waals surface area contributed by atoms with Crippen molar-refractivity contribution < 1.29 is 4.74 Å². The molecule has 0 saturated carbocycles. The summed E-state index contributed by atoms with van der Waals surface area (Å²) in [5, 5.41) is 0. The average Bonchev–Trinajstić information content (AvgIpc) is 2.42. The summed E-state index contributed by atoms with van der Waals surface area (Å²) in [5.74, 6) is 0.865. The molecular formula is C11H20O. The van der Waals surface area contributed by atoms with E-state index < -0.39 is 0 Å². The molecule has 2 aliphatic heterocycles. The van der Waals surface area contributed by atoms with Gasteiger partial charge in [0, 0.05) is 0 Å². The van der Waals surface area contributed by atoms with Crippen molar-refractivity contribution >= 4 is 0 Å². The van der Waals surface area contributed by atoms with E-state index in [0.29, 0.717) is 17.6 Å². The monoisotopic (exact) mass is 168 g/mol. The Hall–Kier alpha value is -0.0400. The summed E-state index contributed by atoms with van der Waals surface area (Å²) in [7, 11) is 0. The van der Waals surface area contributed by atoms with Gasteiger partial charge in [0.2, 0.25) is 0 Å². The van der Waals surface area contributed by atoms with Crippen LogP contribution in [0.15, 0.2) is 0 Å². The number of ether oxygens (including phenoxy) is 1. The van der Waals surface area contributed by atoms with Gasteiger partial charge in [0.15, 0.2) is 0 Å². The third kappa shape index (κ3) is 1.66. The van der Waals surface area contributed by atoms with Crippen LogP contribution < -0.4 is 0 Å². The second-order valence-corrected chi connectivity index (χ2v) is 5.63. The highest BCUT2D eigenvalue weighted by molar-refractivity contribution is 4.90. The molecule has 0 unspecified atom stereocenters. The first-order valence-electron chi connectivity index (χ1n) is 5.20. The Kier molecular flexibility index (Phi) is 1.95. The first-order chi connectivity index (χ1) is 5.54. The predicted molar refractivity (Wildman–Crippen MR) is 50.1 cm³/mol. The lowest BCUT2D eigenvalue weighted by Crippen LogP contribution is -2.22. The zero-order valence-electron chi connectivity index (χ0n) is 8.47. The van der Waals surface area contributed by atoms with E-state index in [0.717, 1.165) is 5.92 Å². The fraction of sp³-hybridized carbons (Fsp3) is 1.00. The van der Waals surface area contributed by atoms with Gasteiger partial charge >= 0.3 is 0 Å². The number of rotatable bonds is 1. The first kappa shape index (κ1) is 8.55. The fourth-order valence-corrected chi connectivity index (χ4v) is 2.74. The van der Waals surface area contributed by atoms with Crippen LogP contribution in [-0.4, -0.2) is 12.2 Å². The summed E-state index contributed by atoms with van der Waals surface area (Å²) >= 11 is 0. The Balaban J connectivity index is 1.91. The molecule has 2 saturated heterocycles. The van der Waals surface area contributed by atoms with Gasteiger partial charge in [-0.3, -0.25) is 0 Å². The largest absolute Gasteiger partial charge is 0.375 e. The van der Waals surface area contributed by atoms with Crippen molar-refractivity contribution in [2.75, 3.05) is 0 Å². The summed E-state index contributed by atoms with van der Waals surface area (Å²) < 4.78 is 5.83. The minimum Gasteiger partial charge on any atom is -0.375 e. The smallest absolute Gasteiger partial charge is 0.0609 e. The first-order valence-corrected chi connectivity index (χ1v) is 5.20. The maximum atomic E-state index is 5.83. The summed E-state index contributed by atoms with van der Waals surface area (Å²) in [5.41, 5.74) is 0.485. The van der Waals surface area contributed by atoms with E-state index in [-0.39, 0.29) is 0 Å². The molecule has 2 aliphatic rings. The maximum absolute atomic E-state index is 5.83. The van der Waals surface area contributed by atoms with Gasteiger partial charge in [-0.05, 0) is 37.0 Å². The molecule has 0 radical (unpaired) electrons. The van der Waals surface area contributed by atoms with Crippen LogP contribution in [0.3, 0.4) is 0 Å². The van der Waals surface area contributed by atoms with Crippen LogP contribution in [-0.2, 0) is 4.74 Å². The topological polar surface area (TPSA) is 9.23 Å². The van der Waals surface area contributed by atoms with E-state index in [1.807, 2.05) is 0 Å². The lowest BCUT2D eigenvalue weighted by molar-refractivity contribution is 0.0849. The van der Waals surface area contributed by atoms with Crippen molar-refractivity contribution in [2.24, 2.45) is 11.3 Å². The number of fused-ring (bicyclic) bond motifs is 2. The lowest BCUT2D eigenvalue weighted by atomic mass is 9.78. The average molecular weight is 168 g/mol. The second-order valence-electron chi connectivity index (χ2n) is 5.63. The predicted octanol–water partition coefficient (Wildman–Crippen LogP) is 2.99. The highest BCUT2D eigenvalue weighted by Crippen LogP contribution is 2.43. The van der Waals surface area contributed by atoms with Gasteiger partial charge in [0.05, 0.1) is 12.2 Å². The van der Waals surface area contributed by atoms with Crippen molar-refractivity contribution in [3.63, 3.8) is 0 Å². The van der Waals surface area contributed by atoms with E-state index in [1.165, 1.54) is 25.7 Å². The molecule has 1 heteroatoms. The molecule has 0 aromatic carbocycles. The van der Waals surface area contributed by atoms with Crippen LogP contribution in [0.5, 0.6) is 0 Å². The quantitative estimate of drug-likeness (QED) is 0.585. The van der Waals surface area contributed by atoms with Gasteiger partial charge in [-0.25, -0.2) is 0 Å². The van der Waals surface area contributed by atoms with Gasteiger partial charge in [0.25, 0.3) is 0 Å². The zero-order valence-corrected chi connectivity index (χ0v) is 8.47. The second kappa shape index (κ2) is 2.73. The number of hydrogen-bond acceptors (Lipinski definition) is 1. The molecular weight excluding hydrogens is 148 g/mol. The minimum absolute atomic E-state index is 0.485. The van der Waals surface area contributed by atoms with Crippen LogP contribution in [0, 0.1) is 11.3 Å². The third-order valence-electron chi connectivity index (χ3n) is 3.11. The standard InChI is InChI=1S/C11H20O/c1-11(2,3)7-8-6-9-4-5-10(8)12-9/h8-10H,4-7H2,1-3H3/t8-,9+,10-/m0/s1. The van der Waals surface area contributed by atoms with Gasteiger partial charge in [-0.15, -0.1) is 0 Å². The maximum Gasteiger partial charge on any atom is 0.0609 e. The molecule has 0 aromatic rings. The molecule has 0 N–H and O–H groups in total. The summed E-state index contributed by atoms with van der Waals surface area (Å²) in [6.07, 6.45) is 6.57. The van der Waals surface area contributed by atoms with E-state index in [2.05, 4.69) is 20.8 Å². The van der Waals surface area contributed by atoms with Crippen LogP contribution in [0.2, 0.25) is 0 Å². The van der Waals surface area contributed by atoms with Crippen molar-refractivity contribution in [3.05, 3.63) is 0 Å². The Morgan fingerprint density at radius 2 is 2.00 bits per heavy atom. The van der Waals surface area contributed by atoms with Crippen molar-refractivity contribution in [1.82, 2.24) is 0 Å². The molecule has 2 fully saturated rings. The Morgan fingerprint density at radius 1 is 1.25 bits per heavy atom. The normalized spacial score (nSPS) is 40.8. The third-order valence-corrected chi connectivity index (χ3v) is 3.11. The summed E-state index contributed by atoms with van der Waals surface area (Å²) in [6, 6.07) is 0. The molecule has 2 rings (SSSR count). The van der Waals surface area contributed by atoms with Crippen LogP contribution in [0.4, 0.5) is 0 Å². The minimum atomic E-state index is 0.485. The lowest BCUT2D eigenvalue weighted by Gasteiger charge is -2.26. The number of hydrogen-bond donors (Lipinski definition) is 0. The van der Waals surface area contributed by atoms with Gasteiger partial charge < -0.3 is 4.74 Å². The van der Waals surface area contributed by atoms with Gasteiger partial charge in [-0.2, -0.15) is 0 Å². The van der Waals surface area contributed by atoms with Crippen LogP contribution in [0.1, 0.15) is 46.5 Å². The molecule has 0 amide bonds. The molecule has 0 aromatic heterocycles. The molecule has 70 valence electrons. The Labute approximate surface area is 75.5 Å². The molecule has 1 nitrogen and oxygen atoms in total. The zero-order chi connectivity index (χ0) is 8.77. The molecule has 2 bridgehead atoms. The fourth-order valence-electron chi connectivity index (χ4n) is 2.74. The SMILES string of the molecule is CC(C)(C)C[C@@H]1C[C@H]2CC[C@@H]1O2. The van der Waals surface area contributed by atoms with E-state index in [9.17, 15) is 0 Å². The van der Waals surface area contributed by atoms with Crippen molar-refractivity contribution in [2.45, 2.75) is 58.7 Å². The Morgan fingerprint density at radius 3 is 2.42 bits per heavy atom. The van der Waals surface area contributed by atoms with Crippen molar-refractivity contribution in [1.29, 1.82) is 0 Å². The van der Waals surface area contributed by atoms with Gasteiger partial charge in [0.1, 0.15) is 0 Å². The van der Waals surface area contributed by atoms with E-state index >= 15 is 0 Å². The highest BCUT2D eigenvalue weighted by Gasteiger charge is 2.41. The molecule has 0 aliphatic carbocycles. The summed E-state index contributed by atoms with van der Waals surface area (Å²) in [6.45, 7) is 7.00. The Bertz CT molecular complexity index is 168. The van der Waals surface area contributed by atoms with Crippen LogP contribution in [0.25, 0.3) is 0 Å². The van der Waals surface area contributed by atoms with E-state index in [4.69, 9.17) is 4.74 Å².